The first-order valence-electron chi connectivity index (χ1n) is 13.3. The molecule has 4 aromatic rings. The summed E-state index contributed by atoms with van der Waals surface area (Å²) in [5, 5.41) is 10.1. The van der Waals surface area contributed by atoms with E-state index in [1.165, 1.54) is 29.7 Å². The van der Waals surface area contributed by atoms with Crippen LogP contribution in [0.2, 0.25) is 0 Å². The second-order valence-electron chi connectivity index (χ2n) is 10.5. The van der Waals surface area contributed by atoms with Gasteiger partial charge in [0, 0.05) is 48.4 Å². The minimum absolute atomic E-state index is 0.0632. The molecule has 2 fully saturated rings. The zero-order chi connectivity index (χ0) is 27.9. The molecule has 0 saturated carbocycles. The predicted octanol–water partition coefficient (Wildman–Crippen LogP) is 5.99. The van der Waals surface area contributed by atoms with Crippen LogP contribution in [0.5, 0.6) is 0 Å². The maximum atomic E-state index is 15.0. The van der Waals surface area contributed by atoms with E-state index in [4.69, 9.17) is 0 Å². The summed E-state index contributed by atoms with van der Waals surface area (Å²) in [6.07, 6.45) is 4.55. The number of likely N-dealkylation sites (tertiary alicyclic amines) is 1. The summed E-state index contributed by atoms with van der Waals surface area (Å²) in [6.45, 7) is 2.13. The van der Waals surface area contributed by atoms with Gasteiger partial charge in [0.2, 0.25) is 0 Å². The molecule has 2 aliphatic heterocycles. The topological polar surface area (TPSA) is 77.1 Å². The average Bonchev–Trinajstić information content (AvgIpc) is 3.54. The second kappa shape index (κ2) is 10.5. The van der Waals surface area contributed by atoms with Gasteiger partial charge in [0.1, 0.15) is 5.82 Å². The molecule has 0 spiro atoms. The van der Waals surface area contributed by atoms with Gasteiger partial charge in [-0.1, -0.05) is 12.5 Å². The Hall–Kier alpha value is -3.99. The Morgan fingerprint density at radius 1 is 1.02 bits per heavy atom. The third kappa shape index (κ3) is 5.38. The summed E-state index contributed by atoms with van der Waals surface area (Å²) in [5.74, 6) is -4.85. The van der Waals surface area contributed by atoms with Crippen molar-refractivity contribution in [2.75, 3.05) is 36.4 Å². The Morgan fingerprint density at radius 3 is 2.62 bits per heavy atom. The highest BCUT2D eigenvalue weighted by molar-refractivity contribution is 6.11. The summed E-state index contributed by atoms with van der Waals surface area (Å²) in [5.41, 5.74) is 2.20. The monoisotopic (exact) mass is 552 g/mol. The SMILES string of the molecule is O=C(Nc1ccnc(N2CCC(F)(F)C2)c1)c1n[nH]c2ccc(-c3cc(CN4CCCCC4)cc(F)c3F)cc12. The van der Waals surface area contributed by atoms with E-state index in [9.17, 15) is 22.4 Å². The van der Waals surface area contributed by atoms with Gasteiger partial charge in [-0.25, -0.2) is 22.5 Å². The van der Waals surface area contributed by atoms with Gasteiger partial charge in [-0.15, -0.1) is 0 Å². The van der Waals surface area contributed by atoms with E-state index < -0.39 is 30.0 Å². The molecule has 0 unspecified atom stereocenters. The van der Waals surface area contributed by atoms with Gasteiger partial charge in [0.05, 0.1) is 12.1 Å². The predicted molar refractivity (Wildman–Crippen MR) is 145 cm³/mol. The Morgan fingerprint density at radius 2 is 1.85 bits per heavy atom. The van der Waals surface area contributed by atoms with E-state index in [2.05, 4.69) is 25.4 Å². The van der Waals surface area contributed by atoms with Crippen molar-refractivity contribution in [3.8, 4) is 11.1 Å². The standard InChI is InChI=1S/C29H28F4N6O/c30-23-13-18(16-38-9-2-1-3-10-38)12-21(26(23)31)19-4-5-24-22(14-19)27(37-36-24)28(40)35-20-6-8-34-25(15-20)39-11-7-29(32,33)17-39/h4-6,8,12-15H,1-3,7,9-11,16-17H2,(H,36,37)(H,34,35,40). The highest BCUT2D eigenvalue weighted by Crippen LogP contribution is 2.32. The fraction of sp³-hybridized carbons (Fsp3) is 0.345. The Kier molecular flexibility index (Phi) is 6.91. The lowest BCUT2D eigenvalue weighted by Crippen LogP contribution is -2.29. The molecule has 2 aliphatic rings. The van der Waals surface area contributed by atoms with Crippen LogP contribution in [0, 0.1) is 11.6 Å². The van der Waals surface area contributed by atoms with E-state index in [1.54, 1.807) is 30.3 Å². The molecule has 2 aromatic heterocycles. The number of carbonyl (C=O) groups excluding carboxylic acids is 1. The van der Waals surface area contributed by atoms with Crippen LogP contribution in [0.3, 0.4) is 0 Å². The molecule has 2 saturated heterocycles. The van der Waals surface area contributed by atoms with Gasteiger partial charge < -0.3 is 10.2 Å². The zero-order valence-corrected chi connectivity index (χ0v) is 21.7. The van der Waals surface area contributed by atoms with Crippen molar-refractivity contribution >= 4 is 28.3 Å². The number of aromatic amines is 1. The fourth-order valence-electron chi connectivity index (χ4n) is 5.47. The summed E-state index contributed by atoms with van der Waals surface area (Å²) >= 11 is 0. The lowest BCUT2D eigenvalue weighted by molar-refractivity contribution is 0.0256. The molecule has 2 N–H and O–H groups in total. The van der Waals surface area contributed by atoms with E-state index >= 15 is 0 Å². The third-order valence-electron chi connectivity index (χ3n) is 7.53. The number of hydrogen-bond acceptors (Lipinski definition) is 5. The van der Waals surface area contributed by atoms with Crippen LogP contribution in [0.1, 0.15) is 41.7 Å². The minimum Gasteiger partial charge on any atom is -0.350 e. The molecule has 0 bridgehead atoms. The highest BCUT2D eigenvalue weighted by atomic mass is 19.3. The van der Waals surface area contributed by atoms with Gasteiger partial charge in [0.25, 0.3) is 11.8 Å². The summed E-state index contributed by atoms with van der Waals surface area (Å²) in [7, 11) is 0. The van der Waals surface area contributed by atoms with Crippen LogP contribution < -0.4 is 10.2 Å². The van der Waals surface area contributed by atoms with Gasteiger partial charge in [-0.2, -0.15) is 5.10 Å². The molecule has 0 radical (unpaired) electrons. The maximum absolute atomic E-state index is 15.0. The smallest absolute Gasteiger partial charge is 0.276 e. The number of pyridine rings is 1. The molecular formula is C29H28F4N6O. The van der Waals surface area contributed by atoms with Crippen LogP contribution in [0.25, 0.3) is 22.0 Å². The first kappa shape index (κ1) is 26.2. The van der Waals surface area contributed by atoms with Crippen LogP contribution in [0.15, 0.2) is 48.7 Å². The largest absolute Gasteiger partial charge is 0.350 e. The van der Waals surface area contributed by atoms with E-state index in [0.29, 0.717) is 40.1 Å². The molecule has 6 rings (SSSR count). The summed E-state index contributed by atoms with van der Waals surface area (Å²) in [4.78, 5) is 21.1. The third-order valence-corrected chi connectivity index (χ3v) is 7.53. The van der Waals surface area contributed by atoms with Gasteiger partial charge in [-0.05, 0) is 67.4 Å². The number of nitrogens with zero attached hydrogens (tertiary/aromatic N) is 4. The molecule has 0 aliphatic carbocycles. The average molecular weight is 553 g/mol. The first-order chi connectivity index (χ1) is 19.3. The molecule has 7 nitrogen and oxygen atoms in total. The number of hydrogen-bond donors (Lipinski definition) is 2. The highest BCUT2D eigenvalue weighted by Gasteiger charge is 2.38. The summed E-state index contributed by atoms with van der Waals surface area (Å²) < 4.78 is 56.9. The van der Waals surface area contributed by atoms with Crippen molar-refractivity contribution in [1.29, 1.82) is 0 Å². The van der Waals surface area contributed by atoms with Crippen molar-refractivity contribution in [3.63, 3.8) is 0 Å². The number of alkyl halides is 2. The number of amides is 1. The molecule has 2 aromatic carbocycles. The Labute approximate surface area is 228 Å². The second-order valence-corrected chi connectivity index (χ2v) is 10.5. The molecule has 4 heterocycles. The van der Waals surface area contributed by atoms with E-state index in [-0.39, 0.29) is 24.2 Å². The quantitative estimate of drug-likeness (QED) is 0.288. The molecule has 0 atom stereocenters. The number of H-pyrrole nitrogens is 1. The minimum atomic E-state index is -2.78. The van der Waals surface area contributed by atoms with E-state index in [0.717, 1.165) is 25.9 Å². The lowest BCUT2D eigenvalue weighted by atomic mass is 9.99. The molecule has 40 heavy (non-hydrogen) atoms. The number of benzene rings is 2. The number of fused-ring (bicyclic) bond motifs is 1. The molecule has 11 heteroatoms. The van der Waals surface area contributed by atoms with E-state index in [1.807, 2.05) is 0 Å². The van der Waals surface area contributed by atoms with Crippen LogP contribution in [0.4, 0.5) is 29.1 Å². The van der Waals surface area contributed by atoms with Crippen molar-refractivity contribution < 1.29 is 22.4 Å². The van der Waals surface area contributed by atoms with Crippen molar-refractivity contribution in [2.24, 2.45) is 0 Å². The number of nitrogens with one attached hydrogen (secondary N) is 2. The molecule has 1 amide bonds. The maximum Gasteiger partial charge on any atom is 0.276 e. The van der Waals surface area contributed by atoms with Crippen molar-refractivity contribution in [2.45, 2.75) is 38.2 Å². The number of anilines is 2. The lowest BCUT2D eigenvalue weighted by Gasteiger charge is -2.26. The zero-order valence-electron chi connectivity index (χ0n) is 21.7. The Balaban J connectivity index is 1.26. The van der Waals surface area contributed by atoms with Crippen LogP contribution in [-0.2, 0) is 6.54 Å². The van der Waals surface area contributed by atoms with Gasteiger partial charge in [0.15, 0.2) is 17.3 Å². The number of piperidine rings is 1. The first-order valence-corrected chi connectivity index (χ1v) is 13.3. The van der Waals surface area contributed by atoms with Gasteiger partial charge in [-0.3, -0.25) is 14.8 Å². The number of halogens is 4. The van der Waals surface area contributed by atoms with Gasteiger partial charge >= 0.3 is 0 Å². The number of aromatic nitrogens is 3. The number of carbonyl (C=O) groups is 1. The summed E-state index contributed by atoms with van der Waals surface area (Å²) in [6, 6.07) is 10.9. The number of rotatable bonds is 6. The fourth-order valence-corrected chi connectivity index (χ4v) is 5.47. The van der Waals surface area contributed by atoms with Crippen LogP contribution >= 0.6 is 0 Å². The Bertz CT molecular complexity index is 1570. The van der Waals surface area contributed by atoms with Crippen molar-refractivity contribution in [3.05, 3.63) is 71.6 Å². The van der Waals surface area contributed by atoms with Crippen molar-refractivity contribution in [1.82, 2.24) is 20.1 Å². The normalized spacial score (nSPS) is 17.4. The molecule has 208 valence electrons. The van der Waals surface area contributed by atoms with Crippen LogP contribution in [-0.4, -0.2) is 58.1 Å². The molecular weight excluding hydrogens is 524 g/mol.